The van der Waals surface area contributed by atoms with Crippen LogP contribution in [0.5, 0.6) is 0 Å². The Hall–Kier alpha value is -1.89. The summed E-state index contributed by atoms with van der Waals surface area (Å²) in [6, 6.07) is 3.67. The molecule has 1 aromatic carbocycles. The van der Waals surface area contributed by atoms with Gasteiger partial charge in [0, 0.05) is 11.3 Å². The summed E-state index contributed by atoms with van der Waals surface area (Å²) in [5.74, 6) is -0.0200. The third kappa shape index (κ3) is 2.39. The van der Waals surface area contributed by atoms with Crippen molar-refractivity contribution in [3.8, 4) is 0 Å². The van der Waals surface area contributed by atoms with E-state index in [0.717, 1.165) is 22.6 Å². The Kier molecular flexibility index (Phi) is 3.47. The molecule has 0 saturated carbocycles. The molecular formula is C15H19N3O3S. The first-order valence-electron chi connectivity index (χ1n) is 7.07. The molecule has 3 rings (SSSR count). The summed E-state index contributed by atoms with van der Waals surface area (Å²) in [6.07, 6.45) is 1.51. The zero-order chi connectivity index (χ0) is 16.1. The van der Waals surface area contributed by atoms with Crippen LogP contribution in [0, 0.1) is 0 Å². The van der Waals surface area contributed by atoms with E-state index in [9.17, 15) is 9.59 Å². The summed E-state index contributed by atoms with van der Waals surface area (Å²) >= 11 is 1.48. The summed E-state index contributed by atoms with van der Waals surface area (Å²) < 4.78 is 5.43. The number of fused-ring (bicyclic) bond motifs is 3. The fraction of sp³-hybridized carbons (Fsp3) is 0.467. The van der Waals surface area contributed by atoms with Crippen molar-refractivity contribution in [1.29, 1.82) is 0 Å². The average molecular weight is 321 g/mol. The summed E-state index contributed by atoms with van der Waals surface area (Å²) in [5.41, 5.74) is 2.77. The molecule has 2 aliphatic rings. The van der Waals surface area contributed by atoms with E-state index >= 15 is 0 Å². The molecule has 0 saturated heterocycles. The van der Waals surface area contributed by atoms with Crippen LogP contribution in [0.25, 0.3) is 0 Å². The van der Waals surface area contributed by atoms with Crippen LogP contribution >= 0.6 is 11.8 Å². The molecule has 1 unspecified atom stereocenters. The number of anilines is 3. The molecule has 0 radical (unpaired) electrons. The minimum atomic E-state index is -0.546. The van der Waals surface area contributed by atoms with Crippen molar-refractivity contribution >= 4 is 40.8 Å². The quantitative estimate of drug-likeness (QED) is 0.831. The van der Waals surface area contributed by atoms with Gasteiger partial charge in [-0.1, -0.05) is 0 Å². The van der Waals surface area contributed by atoms with Gasteiger partial charge in [0.15, 0.2) is 0 Å². The van der Waals surface area contributed by atoms with E-state index in [1.807, 2.05) is 39.2 Å². The van der Waals surface area contributed by atoms with Gasteiger partial charge in [-0.05, 0) is 39.2 Å². The molecule has 22 heavy (non-hydrogen) atoms. The molecule has 0 spiro atoms. The Labute approximate surface area is 133 Å². The normalized spacial score (nSPS) is 19.4. The number of hydrogen-bond acceptors (Lipinski definition) is 5. The highest BCUT2D eigenvalue weighted by molar-refractivity contribution is 7.99. The Morgan fingerprint density at radius 1 is 1.41 bits per heavy atom. The number of benzene rings is 1. The Balaban J connectivity index is 1.96. The van der Waals surface area contributed by atoms with E-state index in [0.29, 0.717) is 6.67 Å². The number of nitrogens with zero attached hydrogens (tertiary/aromatic N) is 1. The van der Waals surface area contributed by atoms with Gasteiger partial charge in [0.25, 0.3) is 0 Å². The van der Waals surface area contributed by atoms with Crippen LogP contribution in [0.15, 0.2) is 12.1 Å². The van der Waals surface area contributed by atoms with Gasteiger partial charge in [-0.3, -0.25) is 9.69 Å². The summed E-state index contributed by atoms with van der Waals surface area (Å²) in [7, 11) is 0. The van der Waals surface area contributed by atoms with Gasteiger partial charge in [-0.2, -0.15) is 0 Å². The smallest absolute Gasteiger partial charge is 0.416 e. The third-order valence-electron chi connectivity index (χ3n) is 3.54. The predicted octanol–water partition coefficient (Wildman–Crippen LogP) is 3.17. The standard InChI is InChI=1S/C15H19N3O3S/c1-15(2,3)21-14(20)18-7-16-11-9(18)6-5-8-10(11)12(22-4)13(19)17-8/h5-6,12,16H,7H2,1-4H3,(H,17,19). The fourth-order valence-corrected chi connectivity index (χ4v) is 3.43. The van der Waals surface area contributed by atoms with Crippen molar-refractivity contribution in [1.82, 2.24) is 0 Å². The molecule has 2 aliphatic heterocycles. The molecule has 2 heterocycles. The number of thioether (sulfide) groups is 1. The van der Waals surface area contributed by atoms with Gasteiger partial charge in [0.05, 0.1) is 18.0 Å². The lowest BCUT2D eigenvalue weighted by atomic mass is 10.1. The maximum Gasteiger partial charge on any atom is 0.416 e. The molecule has 118 valence electrons. The van der Waals surface area contributed by atoms with Crippen molar-refractivity contribution in [2.24, 2.45) is 0 Å². The van der Waals surface area contributed by atoms with Gasteiger partial charge >= 0.3 is 6.09 Å². The second-order valence-corrected chi connectivity index (χ2v) is 7.21. The van der Waals surface area contributed by atoms with E-state index in [-0.39, 0.29) is 11.2 Å². The van der Waals surface area contributed by atoms with E-state index < -0.39 is 11.7 Å². The highest BCUT2D eigenvalue weighted by atomic mass is 32.2. The summed E-state index contributed by atoms with van der Waals surface area (Å²) in [4.78, 5) is 25.9. The Morgan fingerprint density at radius 2 is 2.14 bits per heavy atom. The fourth-order valence-electron chi connectivity index (χ4n) is 2.68. The molecule has 0 aromatic heterocycles. The van der Waals surface area contributed by atoms with Gasteiger partial charge in [-0.25, -0.2) is 4.79 Å². The van der Waals surface area contributed by atoms with Gasteiger partial charge in [-0.15, -0.1) is 11.8 Å². The average Bonchev–Trinajstić information content (AvgIpc) is 2.95. The number of hydrogen-bond donors (Lipinski definition) is 2. The van der Waals surface area contributed by atoms with E-state index in [2.05, 4.69) is 10.6 Å². The van der Waals surface area contributed by atoms with E-state index in [1.165, 1.54) is 11.8 Å². The van der Waals surface area contributed by atoms with Crippen LogP contribution in [-0.4, -0.2) is 30.5 Å². The second-order valence-electron chi connectivity index (χ2n) is 6.27. The first-order chi connectivity index (χ1) is 10.3. The van der Waals surface area contributed by atoms with E-state index in [1.54, 1.807) is 4.90 Å². The second kappa shape index (κ2) is 5.08. The van der Waals surface area contributed by atoms with Crippen molar-refractivity contribution in [3.05, 3.63) is 17.7 Å². The lowest BCUT2D eigenvalue weighted by Crippen LogP contribution is -2.36. The molecule has 0 aliphatic carbocycles. The molecule has 2 N–H and O–H groups in total. The minimum Gasteiger partial charge on any atom is -0.443 e. The van der Waals surface area contributed by atoms with Crippen LogP contribution in [0.1, 0.15) is 31.6 Å². The summed E-state index contributed by atoms with van der Waals surface area (Å²) in [6.45, 7) is 5.86. The van der Waals surface area contributed by atoms with Crippen molar-refractivity contribution in [2.45, 2.75) is 31.6 Å². The molecule has 7 heteroatoms. The lowest BCUT2D eigenvalue weighted by molar-refractivity contribution is -0.115. The Morgan fingerprint density at radius 3 is 2.77 bits per heavy atom. The zero-order valence-electron chi connectivity index (χ0n) is 13.0. The van der Waals surface area contributed by atoms with Crippen molar-refractivity contribution in [3.63, 3.8) is 0 Å². The zero-order valence-corrected chi connectivity index (χ0v) is 13.8. The summed E-state index contributed by atoms with van der Waals surface area (Å²) in [5, 5.41) is 5.84. The highest BCUT2D eigenvalue weighted by Crippen LogP contribution is 2.49. The number of amides is 2. The van der Waals surface area contributed by atoms with E-state index in [4.69, 9.17) is 4.74 Å². The Bertz CT molecular complexity index is 654. The van der Waals surface area contributed by atoms with Crippen molar-refractivity contribution in [2.75, 3.05) is 28.5 Å². The molecule has 6 nitrogen and oxygen atoms in total. The first kappa shape index (κ1) is 15.0. The first-order valence-corrected chi connectivity index (χ1v) is 8.35. The molecule has 2 amide bonds. The van der Waals surface area contributed by atoms with Crippen LogP contribution in [0.4, 0.5) is 21.9 Å². The van der Waals surface area contributed by atoms with Crippen LogP contribution in [0.2, 0.25) is 0 Å². The molecule has 0 bridgehead atoms. The highest BCUT2D eigenvalue weighted by Gasteiger charge is 2.38. The maximum atomic E-state index is 12.3. The van der Waals surface area contributed by atoms with Crippen LogP contribution < -0.4 is 15.5 Å². The largest absolute Gasteiger partial charge is 0.443 e. The molecule has 0 fully saturated rings. The number of ether oxygens (including phenoxy) is 1. The monoisotopic (exact) mass is 321 g/mol. The van der Waals surface area contributed by atoms with Gasteiger partial charge < -0.3 is 15.4 Å². The molecular weight excluding hydrogens is 302 g/mol. The van der Waals surface area contributed by atoms with Crippen LogP contribution in [-0.2, 0) is 9.53 Å². The topological polar surface area (TPSA) is 70.7 Å². The SMILES string of the molecule is CSC1C(=O)Nc2ccc3c(c21)NCN3C(=O)OC(C)(C)C. The number of carbonyl (C=O) groups excluding carboxylic acids is 2. The maximum absolute atomic E-state index is 12.3. The molecule has 1 atom stereocenters. The number of carbonyl (C=O) groups is 2. The van der Waals surface area contributed by atoms with Gasteiger partial charge in [0.1, 0.15) is 10.9 Å². The molecule has 1 aromatic rings. The van der Waals surface area contributed by atoms with Gasteiger partial charge in [0.2, 0.25) is 5.91 Å². The number of rotatable bonds is 1. The minimum absolute atomic E-state index is 0.0200. The predicted molar refractivity (Wildman–Crippen MR) is 88.5 cm³/mol. The third-order valence-corrected chi connectivity index (χ3v) is 4.46. The van der Waals surface area contributed by atoms with Crippen LogP contribution in [0.3, 0.4) is 0 Å². The van der Waals surface area contributed by atoms with Crippen molar-refractivity contribution < 1.29 is 14.3 Å². The number of nitrogens with one attached hydrogen (secondary N) is 2. The lowest BCUT2D eigenvalue weighted by Gasteiger charge is -2.24.